The van der Waals surface area contributed by atoms with Crippen LogP contribution in [0.5, 0.6) is 0 Å². The molecule has 2 heterocycles. The van der Waals surface area contributed by atoms with Crippen LogP contribution >= 0.6 is 0 Å². The van der Waals surface area contributed by atoms with Crippen LogP contribution in [0.25, 0.3) is 0 Å². The maximum Gasteiger partial charge on any atom is 0.237 e. The van der Waals surface area contributed by atoms with Gasteiger partial charge in [-0.05, 0) is 24.0 Å². The SMILES string of the molecule is Cn1nnc(CN2CC(=O)N(CC3CC3)C2)n1. The van der Waals surface area contributed by atoms with Gasteiger partial charge in [-0.2, -0.15) is 4.80 Å². The Bertz CT molecular complexity index is 426. The molecule has 17 heavy (non-hydrogen) atoms. The fraction of sp³-hybridized carbons (Fsp3) is 0.800. The van der Waals surface area contributed by atoms with Crippen molar-refractivity contribution in [1.29, 1.82) is 0 Å². The second kappa shape index (κ2) is 4.06. The predicted molar refractivity (Wildman–Crippen MR) is 58.5 cm³/mol. The number of hydrogen-bond donors (Lipinski definition) is 0. The predicted octanol–water partition coefficient (Wildman–Crippen LogP) is -0.778. The monoisotopic (exact) mass is 236 g/mol. The molecular formula is C10H16N6O. The smallest absolute Gasteiger partial charge is 0.237 e. The Labute approximate surface area is 99.4 Å². The number of tetrazole rings is 1. The fourth-order valence-corrected chi connectivity index (χ4v) is 2.13. The van der Waals surface area contributed by atoms with E-state index in [-0.39, 0.29) is 5.91 Å². The van der Waals surface area contributed by atoms with Crippen LogP contribution in [0.2, 0.25) is 0 Å². The molecule has 3 rings (SSSR count). The van der Waals surface area contributed by atoms with Crippen molar-refractivity contribution in [2.24, 2.45) is 13.0 Å². The average Bonchev–Trinajstić information content (AvgIpc) is 2.90. The van der Waals surface area contributed by atoms with Gasteiger partial charge in [0.2, 0.25) is 5.91 Å². The van der Waals surface area contributed by atoms with Crippen molar-refractivity contribution in [2.45, 2.75) is 19.4 Å². The molecule has 0 aromatic carbocycles. The Kier molecular flexibility index (Phi) is 2.54. The standard InChI is InChI=1S/C10H16N6O/c1-14-12-9(11-13-14)5-15-6-10(17)16(7-15)4-8-2-3-8/h8H,2-7H2,1H3. The van der Waals surface area contributed by atoms with Crippen LogP contribution in [0.1, 0.15) is 18.7 Å². The summed E-state index contributed by atoms with van der Waals surface area (Å²) < 4.78 is 0. The highest BCUT2D eigenvalue weighted by atomic mass is 16.2. The Balaban J connectivity index is 1.56. The molecule has 7 heteroatoms. The summed E-state index contributed by atoms with van der Waals surface area (Å²) in [4.78, 5) is 17.2. The lowest BCUT2D eigenvalue weighted by Gasteiger charge is -2.16. The van der Waals surface area contributed by atoms with Gasteiger partial charge in [0.25, 0.3) is 0 Å². The Morgan fingerprint density at radius 3 is 2.88 bits per heavy atom. The highest BCUT2D eigenvalue weighted by Crippen LogP contribution is 2.30. The van der Waals surface area contributed by atoms with Crippen LogP contribution in [0.15, 0.2) is 0 Å². The molecule has 1 saturated heterocycles. The van der Waals surface area contributed by atoms with E-state index in [1.165, 1.54) is 17.6 Å². The first kappa shape index (κ1) is 10.6. The summed E-state index contributed by atoms with van der Waals surface area (Å²) >= 11 is 0. The minimum absolute atomic E-state index is 0.223. The lowest BCUT2D eigenvalue weighted by molar-refractivity contribution is -0.126. The molecule has 1 amide bonds. The van der Waals surface area contributed by atoms with Gasteiger partial charge >= 0.3 is 0 Å². The summed E-state index contributed by atoms with van der Waals surface area (Å²) in [5, 5.41) is 11.8. The van der Waals surface area contributed by atoms with E-state index >= 15 is 0 Å². The Morgan fingerprint density at radius 2 is 2.24 bits per heavy atom. The molecule has 1 aliphatic carbocycles. The maximum absolute atomic E-state index is 11.8. The summed E-state index contributed by atoms with van der Waals surface area (Å²) in [6.07, 6.45) is 2.55. The second-order valence-corrected chi connectivity index (χ2v) is 4.88. The van der Waals surface area contributed by atoms with Crippen LogP contribution < -0.4 is 0 Å². The van der Waals surface area contributed by atoms with Crippen molar-refractivity contribution >= 4 is 5.91 Å². The molecule has 1 aromatic rings. The zero-order chi connectivity index (χ0) is 11.8. The molecule has 1 saturated carbocycles. The minimum atomic E-state index is 0.223. The van der Waals surface area contributed by atoms with Crippen molar-refractivity contribution in [2.75, 3.05) is 19.8 Å². The van der Waals surface area contributed by atoms with Gasteiger partial charge in [-0.3, -0.25) is 9.69 Å². The molecule has 0 atom stereocenters. The lowest BCUT2D eigenvalue weighted by Crippen LogP contribution is -2.29. The Hall–Kier alpha value is -1.50. The number of rotatable bonds is 4. The molecule has 2 fully saturated rings. The third kappa shape index (κ3) is 2.44. The zero-order valence-electron chi connectivity index (χ0n) is 9.91. The highest BCUT2D eigenvalue weighted by Gasteiger charge is 2.32. The molecular weight excluding hydrogens is 220 g/mol. The number of hydrogen-bond acceptors (Lipinski definition) is 5. The topological polar surface area (TPSA) is 67.2 Å². The second-order valence-electron chi connectivity index (χ2n) is 4.88. The van der Waals surface area contributed by atoms with Crippen molar-refractivity contribution < 1.29 is 4.79 Å². The highest BCUT2D eigenvalue weighted by molar-refractivity contribution is 5.80. The van der Waals surface area contributed by atoms with Gasteiger partial charge in [-0.15, -0.1) is 10.2 Å². The summed E-state index contributed by atoms with van der Waals surface area (Å²) in [7, 11) is 1.74. The average molecular weight is 236 g/mol. The van der Waals surface area contributed by atoms with E-state index < -0.39 is 0 Å². The van der Waals surface area contributed by atoms with Crippen LogP contribution in [-0.4, -0.2) is 55.7 Å². The number of amides is 1. The van der Waals surface area contributed by atoms with Crippen molar-refractivity contribution in [3.63, 3.8) is 0 Å². The van der Waals surface area contributed by atoms with Crippen molar-refractivity contribution in [3.05, 3.63) is 5.82 Å². The largest absolute Gasteiger partial charge is 0.328 e. The molecule has 7 nitrogen and oxygen atoms in total. The quantitative estimate of drug-likeness (QED) is 0.686. The van der Waals surface area contributed by atoms with Gasteiger partial charge < -0.3 is 4.90 Å². The van der Waals surface area contributed by atoms with E-state index in [2.05, 4.69) is 20.3 Å². The van der Waals surface area contributed by atoms with E-state index in [9.17, 15) is 4.79 Å². The third-order valence-corrected chi connectivity index (χ3v) is 3.17. The number of nitrogens with zero attached hydrogens (tertiary/aromatic N) is 6. The van der Waals surface area contributed by atoms with Gasteiger partial charge in [0, 0.05) is 6.54 Å². The van der Waals surface area contributed by atoms with Gasteiger partial charge in [0.1, 0.15) is 0 Å². The molecule has 1 aliphatic heterocycles. The zero-order valence-corrected chi connectivity index (χ0v) is 9.91. The van der Waals surface area contributed by atoms with E-state index in [1.54, 1.807) is 7.05 Å². The summed E-state index contributed by atoms with van der Waals surface area (Å²) in [6.45, 7) is 2.70. The van der Waals surface area contributed by atoms with Crippen LogP contribution in [0.3, 0.4) is 0 Å². The van der Waals surface area contributed by atoms with Gasteiger partial charge in [0.15, 0.2) is 5.82 Å². The van der Waals surface area contributed by atoms with Crippen LogP contribution in [-0.2, 0) is 18.4 Å². The first-order valence-electron chi connectivity index (χ1n) is 5.94. The molecule has 0 bridgehead atoms. The van der Waals surface area contributed by atoms with Crippen molar-refractivity contribution in [1.82, 2.24) is 30.0 Å². The van der Waals surface area contributed by atoms with Crippen molar-refractivity contribution in [3.8, 4) is 0 Å². The van der Waals surface area contributed by atoms with E-state index in [1.807, 2.05) is 4.90 Å². The summed E-state index contributed by atoms with van der Waals surface area (Å²) in [5.41, 5.74) is 0. The van der Waals surface area contributed by atoms with E-state index in [4.69, 9.17) is 0 Å². The fourth-order valence-electron chi connectivity index (χ4n) is 2.13. The minimum Gasteiger partial charge on any atom is -0.328 e. The van der Waals surface area contributed by atoms with Crippen LogP contribution in [0.4, 0.5) is 0 Å². The van der Waals surface area contributed by atoms with Gasteiger partial charge in [-0.25, -0.2) is 0 Å². The molecule has 0 radical (unpaired) electrons. The van der Waals surface area contributed by atoms with Gasteiger partial charge in [-0.1, -0.05) is 0 Å². The third-order valence-electron chi connectivity index (χ3n) is 3.17. The number of aromatic nitrogens is 4. The van der Waals surface area contributed by atoms with E-state index in [0.29, 0.717) is 25.6 Å². The number of aryl methyl sites for hydroxylation is 1. The van der Waals surface area contributed by atoms with E-state index in [0.717, 1.165) is 12.5 Å². The molecule has 0 spiro atoms. The first-order chi connectivity index (χ1) is 8.20. The normalized spacial score (nSPS) is 21.5. The molecule has 0 N–H and O–H groups in total. The lowest BCUT2D eigenvalue weighted by atomic mass is 10.4. The van der Waals surface area contributed by atoms with Crippen LogP contribution in [0, 0.1) is 5.92 Å². The maximum atomic E-state index is 11.8. The molecule has 1 aromatic heterocycles. The summed E-state index contributed by atoms with van der Waals surface area (Å²) in [5.74, 6) is 1.64. The molecule has 92 valence electrons. The molecule has 0 unspecified atom stereocenters. The van der Waals surface area contributed by atoms with Gasteiger partial charge in [0.05, 0.1) is 26.8 Å². The number of carbonyl (C=O) groups excluding carboxylic acids is 1. The summed E-state index contributed by atoms with van der Waals surface area (Å²) in [6, 6.07) is 0. The molecule has 2 aliphatic rings. The Morgan fingerprint density at radius 1 is 1.41 bits per heavy atom. The number of carbonyl (C=O) groups is 1. The first-order valence-corrected chi connectivity index (χ1v) is 5.94.